The van der Waals surface area contributed by atoms with Crippen molar-refractivity contribution >= 4 is 21.7 Å². The van der Waals surface area contributed by atoms with E-state index in [2.05, 4.69) is 10.3 Å². The summed E-state index contributed by atoms with van der Waals surface area (Å²) in [6, 6.07) is 7.95. The number of rotatable bonds is 7. The summed E-state index contributed by atoms with van der Waals surface area (Å²) in [4.78, 5) is 9.13. The van der Waals surface area contributed by atoms with E-state index < -0.39 is 10.2 Å². The third-order valence-electron chi connectivity index (χ3n) is 5.41. The van der Waals surface area contributed by atoms with Crippen LogP contribution in [0.5, 0.6) is 0 Å². The molecule has 1 aliphatic rings. The van der Waals surface area contributed by atoms with Crippen molar-refractivity contribution in [2.24, 2.45) is 0 Å². The van der Waals surface area contributed by atoms with Gasteiger partial charge in [0.1, 0.15) is 5.82 Å². The molecular weight excluding hydrogens is 386 g/mol. The van der Waals surface area contributed by atoms with Crippen molar-refractivity contribution in [3.05, 3.63) is 47.4 Å². The van der Waals surface area contributed by atoms with Gasteiger partial charge in [-0.1, -0.05) is 19.9 Å². The molecule has 0 bridgehead atoms. The molecule has 2 aromatic rings. The highest BCUT2D eigenvalue weighted by atomic mass is 32.2. The normalized spacial score (nSPS) is 18.2. The largest absolute Gasteiger partial charge is 0.340 e. The summed E-state index contributed by atoms with van der Waals surface area (Å²) in [7, 11) is -3.43. The molecule has 1 atom stereocenters. The van der Waals surface area contributed by atoms with Gasteiger partial charge in [0, 0.05) is 55.4 Å². The molecule has 0 aromatic carbocycles. The number of hydrogen-bond acceptors (Lipinski definition) is 5. The summed E-state index contributed by atoms with van der Waals surface area (Å²) < 4.78 is 29.0. The Morgan fingerprint density at radius 1 is 1.24 bits per heavy atom. The smallest absolute Gasteiger partial charge is 0.281 e. The minimum Gasteiger partial charge on any atom is -0.340 e. The summed E-state index contributed by atoms with van der Waals surface area (Å²) >= 11 is 0. The number of aromatic nitrogens is 2. The van der Waals surface area contributed by atoms with Crippen LogP contribution in [0.2, 0.25) is 0 Å². The van der Waals surface area contributed by atoms with Crippen LogP contribution in [0.15, 0.2) is 30.5 Å². The van der Waals surface area contributed by atoms with Crippen LogP contribution in [0.3, 0.4) is 0 Å². The van der Waals surface area contributed by atoms with Gasteiger partial charge in [-0.25, -0.2) is 4.98 Å². The van der Waals surface area contributed by atoms with Gasteiger partial charge in [-0.2, -0.15) is 17.0 Å². The lowest BCUT2D eigenvalue weighted by Crippen LogP contribution is -2.47. The van der Waals surface area contributed by atoms with E-state index in [-0.39, 0.29) is 5.92 Å². The Kier molecular flexibility index (Phi) is 6.87. The summed E-state index contributed by atoms with van der Waals surface area (Å²) in [6.07, 6.45) is 3.53. The Labute approximate surface area is 174 Å². The number of hydrogen-bond donors (Lipinski definition) is 1. The zero-order valence-corrected chi connectivity index (χ0v) is 18.5. The van der Waals surface area contributed by atoms with Crippen molar-refractivity contribution in [1.29, 1.82) is 0 Å². The second-order valence-electron chi connectivity index (χ2n) is 7.51. The molecule has 0 amide bonds. The lowest BCUT2D eigenvalue weighted by atomic mass is 9.95. The van der Waals surface area contributed by atoms with Gasteiger partial charge in [-0.05, 0) is 50.5 Å². The van der Waals surface area contributed by atoms with E-state index in [1.165, 1.54) is 4.31 Å². The highest BCUT2D eigenvalue weighted by Gasteiger charge is 2.33. The van der Waals surface area contributed by atoms with Gasteiger partial charge in [0.2, 0.25) is 0 Å². The van der Waals surface area contributed by atoms with Crippen LogP contribution < -0.4 is 5.32 Å². The monoisotopic (exact) mass is 417 g/mol. The number of nitrogens with one attached hydrogen (secondary N) is 1. The molecule has 3 rings (SSSR count). The van der Waals surface area contributed by atoms with E-state index in [9.17, 15) is 8.42 Å². The van der Waals surface area contributed by atoms with Crippen molar-refractivity contribution in [2.75, 3.05) is 31.5 Å². The van der Waals surface area contributed by atoms with Gasteiger partial charge in [-0.3, -0.25) is 4.98 Å². The van der Waals surface area contributed by atoms with Gasteiger partial charge >= 0.3 is 0 Å². The summed E-state index contributed by atoms with van der Waals surface area (Å²) in [5, 5.41) is 3.38. The Hall–Kier alpha value is -2.03. The van der Waals surface area contributed by atoms with Gasteiger partial charge in [0.25, 0.3) is 10.2 Å². The zero-order chi connectivity index (χ0) is 21.0. The molecule has 0 spiro atoms. The van der Waals surface area contributed by atoms with Gasteiger partial charge in [-0.15, -0.1) is 0 Å². The molecule has 2 aromatic heterocycles. The van der Waals surface area contributed by atoms with E-state index >= 15 is 0 Å². The fourth-order valence-corrected chi connectivity index (χ4v) is 5.54. The molecule has 0 unspecified atom stereocenters. The van der Waals surface area contributed by atoms with Gasteiger partial charge < -0.3 is 5.32 Å². The average Bonchev–Trinajstić information content (AvgIpc) is 2.70. The second-order valence-corrected chi connectivity index (χ2v) is 9.43. The molecular formula is C21H31N5O2S. The molecule has 0 aliphatic carbocycles. The number of piperidine rings is 1. The quantitative estimate of drug-likeness (QED) is 0.745. The number of aryl methyl sites for hydroxylation is 2. The lowest BCUT2D eigenvalue weighted by molar-refractivity contribution is 0.285. The van der Waals surface area contributed by atoms with Crippen molar-refractivity contribution in [1.82, 2.24) is 18.6 Å². The molecule has 0 radical (unpaired) electrons. The van der Waals surface area contributed by atoms with E-state index in [1.54, 1.807) is 10.5 Å². The van der Waals surface area contributed by atoms with Crippen molar-refractivity contribution < 1.29 is 8.42 Å². The van der Waals surface area contributed by atoms with E-state index in [1.807, 2.05) is 52.0 Å². The highest BCUT2D eigenvalue weighted by Crippen LogP contribution is 2.30. The first-order valence-corrected chi connectivity index (χ1v) is 11.7. The van der Waals surface area contributed by atoms with Crippen LogP contribution in [0, 0.1) is 13.8 Å². The zero-order valence-electron chi connectivity index (χ0n) is 17.7. The second kappa shape index (κ2) is 9.19. The minimum atomic E-state index is -3.43. The highest BCUT2D eigenvalue weighted by molar-refractivity contribution is 7.86. The van der Waals surface area contributed by atoms with Crippen molar-refractivity contribution in [3.8, 4) is 0 Å². The van der Waals surface area contributed by atoms with Crippen LogP contribution >= 0.6 is 0 Å². The topological polar surface area (TPSA) is 78.4 Å². The first-order chi connectivity index (χ1) is 13.8. The van der Waals surface area contributed by atoms with Gasteiger partial charge in [0.15, 0.2) is 0 Å². The van der Waals surface area contributed by atoms with Crippen LogP contribution in [-0.4, -0.2) is 53.2 Å². The molecule has 8 heteroatoms. The average molecular weight is 418 g/mol. The Morgan fingerprint density at radius 3 is 2.69 bits per heavy atom. The van der Waals surface area contributed by atoms with Crippen LogP contribution in [0.4, 0.5) is 11.5 Å². The third-order valence-corrected chi connectivity index (χ3v) is 7.56. The maximum atomic E-state index is 12.9. The van der Waals surface area contributed by atoms with Gasteiger partial charge in [0.05, 0.1) is 0 Å². The SMILES string of the molecule is CCN(CC)S(=O)(=O)N1CCC[C@@H](c2cc(Nc3ncccc3C)cc(C)n2)C1. The molecule has 3 heterocycles. The predicted molar refractivity (Wildman–Crippen MR) is 117 cm³/mol. The Bertz CT molecular complexity index is 944. The van der Waals surface area contributed by atoms with E-state index in [0.717, 1.165) is 41.3 Å². The van der Waals surface area contributed by atoms with E-state index in [4.69, 9.17) is 4.98 Å². The maximum absolute atomic E-state index is 12.9. The Morgan fingerprint density at radius 2 is 2.00 bits per heavy atom. The number of anilines is 2. The molecule has 7 nitrogen and oxygen atoms in total. The van der Waals surface area contributed by atoms with Crippen molar-refractivity contribution in [3.63, 3.8) is 0 Å². The first kappa shape index (κ1) is 21.7. The molecule has 29 heavy (non-hydrogen) atoms. The minimum absolute atomic E-state index is 0.0827. The molecule has 1 saturated heterocycles. The van der Waals surface area contributed by atoms with Crippen molar-refractivity contribution in [2.45, 2.75) is 46.5 Å². The maximum Gasteiger partial charge on any atom is 0.281 e. The number of nitrogens with zero attached hydrogens (tertiary/aromatic N) is 4. The summed E-state index contributed by atoms with van der Waals surface area (Å²) in [6.45, 7) is 9.75. The van der Waals surface area contributed by atoms with Crippen LogP contribution in [0.1, 0.15) is 49.6 Å². The first-order valence-electron chi connectivity index (χ1n) is 10.3. The molecule has 0 saturated carbocycles. The lowest BCUT2D eigenvalue weighted by Gasteiger charge is -2.35. The van der Waals surface area contributed by atoms with E-state index in [0.29, 0.717) is 26.2 Å². The summed E-state index contributed by atoms with van der Waals surface area (Å²) in [5.41, 5.74) is 3.83. The summed E-state index contributed by atoms with van der Waals surface area (Å²) in [5.74, 6) is 0.901. The molecule has 1 N–H and O–H groups in total. The fourth-order valence-electron chi connectivity index (χ4n) is 3.84. The number of pyridine rings is 2. The fraction of sp³-hybridized carbons (Fsp3) is 0.524. The molecule has 158 valence electrons. The molecule has 1 aliphatic heterocycles. The predicted octanol–water partition coefficient (Wildman–Crippen LogP) is 3.60. The van der Waals surface area contributed by atoms with Crippen LogP contribution in [0.25, 0.3) is 0 Å². The standard InChI is InChI=1S/C21H31N5O2S/c1-5-25(6-2)29(27,28)26-12-8-10-18(15-26)20-14-19(13-17(4)23-20)24-21-16(3)9-7-11-22-21/h7,9,11,13-14,18H,5-6,8,10,12,15H2,1-4H3,(H,22,23,24)/t18-/m1/s1. The third kappa shape index (κ3) is 4.94. The molecule has 1 fully saturated rings. The van der Waals surface area contributed by atoms with Crippen LogP contribution in [-0.2, 0) is 10.2 Å². The Balaban J connectivity index is 1.83.